The molecule has 1 fully saturated rings. The summed E-state index contributed by atoms with van der Waals surface area (Å²) in [6, 6.07) is 0. The number of rotatable bonds is 39. The second-order valence-electron chi connectivity index (χ2n) is 16.3. The van der Waals surface area contributed by atoms with Crippen LogP contribution in [0.15, 0.2) is 24.3 Å². The monoisotopic (exact) mass is 846 g/mol. The van der Waals surface area contributed by atoms with Gasteiger partial charge in [0.05, 0.1) is 37.9 Å². The van der Waals surface area contributed by atoms with Gasteiger partial charge in [-0.1, -0.05) is 173 Å². The normalized spacial score (nSPS) is 20.5. The number of aliphatic hydroxyl groups is 3. The first-order chi connectivity index (χ1) is 28.0. The van der Waals surface area contributed by atoms with E-state index < -0.39 is 50.8 Å². The summed E-state index contributed by atoms with van der Waals surface area (Å²) in [6.45, 7) is 3.27. The molecule has 7 atom stereocenters. The summed E-state index contributed by atoms with van der Waals surface area (Å²) in [5.74, 6) is -1.75. The first-order valence-corrected chi connectivity index (χ1v) is 24.6. The van der Waals surface area contributed by atoms with E-state index in [1.807, 2.05) is 0 Å². The van der Waals surface area contributed by atoms with E-state index in [2.05, 4.69) is 13.8 Å². The molecule has 0 aromatic carbocycles. The number of phosphoric acid groups is 1. The van der Waals surface area contributed by atoms with Gasteiger partial charge < -0.3 is 35.4 Å². The Kier molecular flexibility index (Phi) is 33.8. The maximum Gasteiger partial charge on any atom is 0.472 e. The predicted octanol–water partition coefficient (Wildman–Crippen LogP) is 9.55. The van der Waals surface area contributed by atoms with Crippen molar-refractivity contribution in [1.29, 1.82) is 0 Å². The van der Waals surface area contributed by atoms with E-state index in [1.165, 1.54) is 96.3 Å². The van der Waals surface area contributed by atoms with Gasteiger partial charge in [0.15, 0.2) is 6.10 Å². The molecule has 0 bridgehead atoms. The van der Waals surface area contributed by atoms with Gasteiger partial charge in [-0.05, 0) is 25.2 Å². The molecule has 0 spiro atoms. The van der Waals surface area contributed by atoms with Crippen molar-refractivity contribution in [2.45, 2.75) is 212 Å². The van der Waals surface area contributed by atoms with Crippen molar-refractivity contribution >= 4 is 19.8 Å². The molecule has 1 rings (SSSR count). The average Bonchev–Trinajstić information content (AvgIpc) is 3.47. The summed E-state index contributed by atoms with van der Waals surface area (Å²) < 4.78 is 32.8. The second-order valence-corrected chi connectivity index (χ2v) is 17.7. The van der Waals surface area contributed by atoms with Gasteiger partial charge >= 0.3 is 19.8 Å². The van der Waals surface area contributed by atoms with Gasteiger partial charge in [-0.2, -0.15) is 0 Å². The molecule has 0 saturated heterocycles. The molecule has 0 aromatic heterocycles. The van der Waals surface area contributed by atoms with E-state index in [1.54, 1.807) is 24.3 Å². The highest BCUT2D eigenvalue weighted by Gasteiger charge is 2.39. The molecule has 12 nitrogen and oxygen atoms in total. The van der Waals surface area contributed by atoms with Gasteiger partial charge in [0, 0.05) is 25.3 Å². The summed E-state index contributed by atoms with van der Waals surface area (Å²) in [7, 11) is -4.47. The highest BCUT2D eigenvalue weighted by molar-refractivity contribution is 7.47. The molecule has 0 aromatic rings. The van der Waals surface area contributed by atoms with Crippen LogP contribution in [0.5, 0.6) is 0 Å². The van der Waals surface area contributed by atoms with Crippen LogP contribution in [0.3, 0.4) is 0 Å². The Hall–Kier alpha value is -1.63. The lowest BCUT2D eigenvalue weighted by molar-refractivity contribution is -0.160. The van der Waals surface area contributed by atoms with E-state index in [0.29, 0.717) is 19.3 Å². The number of esters is 2. The number of phosphoric ester groups is 1. The topological polar surface area (TPSA) is 195 Å². The zero-order valence-electron chi connectivity index (χ0n) is 36.4. The smallest absolute Gasteiger partial charge is 0.462 e. The Morgan fingerprint density at radius 2 is 1.26 bits per heavy atom. The number of ether oxygens (including phenoxy) is 2. The maximum atomic E-state index is 12.7. The number of hydrogen-bond acceptors (Lipinski definition) is 11. The largest absolute Gasteiger partial charge is 0.472 e. The fraction of sp³-hybridized carbons (Fsp3) is 0.867. The van der Waals surface area contributed by atoms with Crippen molar-refractivity contribution in [3.63, 3.8) is 0 Å². The molecule has 6 N–H and O–H groups in total. The number of hydrogen-bond donors (Lipinski definition) is 5. The molecular formula is C45H84NO11P. The molecule has 0 aliphatic heterocycles. The molecule has 0 radical (unpaired) electrons. The standard InChI is InChI=1S/C45H84NO11P/c1-3-5-7-8-9-10-11-12-13-14-15-16-17-18-19-20-21-22-24-29-44(50)54-36-39(37-56-58(52,53)55-34-33-46)57-45(51)30-26-25-28-40-41(43(49)35-42(40)48)32-31-38(47)27-23-6-4-2/h25-26,31-32,38-43,47-49H,3-24,27-30,33-37,46H2,1-2H3,(H,52,53)/b26-25-,32-31+/t38-,39-,40+,41-,42+,43-/m1/s1. The van der Waals surface area contributed by atoms with Gasteiger partial charge in [-0.3, -0.25) is 18.6 Å². The van der Waals surface area contributed by atoms with E-state index in [0.717, 1.165) is 38.5 Å². The first-order valence-electron chi connectivity index (χ1n) is 23.1. The van der Waals surface area contributed by atoms with Crippen LogP contribution < -0.4 is 5.73 Å². The quantitative estimate of drug-likeness (QED) is 0.0170. The third kappa shape index (κ3) is 29.6. The molecule has 1 aliphatic carbocycles. The molecule has 0 amide bonds. The number of aliphatic hydroxyl groups excluding tert-OH is 3. The Labute approximate surface area is 351 Å². The third-order valence-corrected chi connectivity index (χ3v) is 11.9. The van der Waals surface area contributed by atoms with Crippen LogP contribution in [0.25, 0.3) is 0 Å². The van der Waals surface area contributed by atoms with Gasteiger partial charge in [0.2, 0.25) is 0 Å². The van der Waals surface area contributed by atoms with Crippen LogP contribution in [0, 0.1) is 11.8 Å². The molecule has 1 aliphatic rings. The number of carbonyl (C=O) groups excluding carboxylic acids is 2. The zero-order chi connectivity index (χ0) is 42.7. The Morgan fingerprint density at radius 1 is 0.724 bits per heavy atom. The van der Waals surface area contributed by atoms with Crippen molar-refractivity contribution in [3.8, 4) is 0 Å². The lowest BCUT2D eigenvalue weighted by Gasteiger charge is -2.20. The summed E-state index contributed by atoms with van der Waals surface area (Å²) in [4.78, 5) is 35.2. The minimum atomic E-state index is -4.47. The number of unbranched alkanes of at least 4 members (excludes halogenated alkanes) is 20. The highest BCUT2D eigenvalue weighted by atomic mass is 31.2. The van der Waals surface area contributed by atoms with Crippen LogP contribution in [0.1, 0.15) is 187 Å². The van der Waals surface area contributed by atoms with Crippen LogP contribution >= 0.6 is 7.82 Å². The van der Waals surface area contributed by atoms with Gasteiger partial charge in [-0.25, -0.2) is 4.57 Å². The molecule has 13 heteroatoms. The van der Waals surface area contributed by atoms with Gasteiger partial charge in [0.1, 0.15) is 6.61 Å². The highest BCUT2D eigenvalue weighted by Crippen LogP contribution is 2.43. The molecule has 1 unspecified atom stereocenters. The Bertz CT molecular complexity index is 1120. The van der Waals surface area contributed by atoms with Crippen LogP contribution in [0.2, 0.25) is 0 Å². The first kappa shape index (κ1) is 54.4. The predicted molar refractivity (Wildman–Crippen MR) is 231 cm³/mol. The van der Waals surface area contributed by atoms with Crippen molar-refractivity contribution in [2.24, 2.45) is 17.6 Å². The third-order valence-electron chi connectivity index (χ3n) is 10.9. The fourth-order valence-electron chi connectivity index (χ4n) is 7.43. The summed E-state index contributed by atoms with van der Waals surface area (Å²) >= 11 is 0. The van der Waals surface area contributed by atoms with Crippen LogP contribution in [0.4, 0.5) is 0 Å². The lowest BCUT2D eigenvalue weighted by Crippen LogP contribution is -2.29. The van der Waals surface area contributed by atoms with E-state index >= 15 is 0 Å². The Morgan fingerprint density at radius 3 is 1.81 bits per heavy atom. The van der Waals surface area contributed by atoms with Crippen LogP contribution in [-0.4, -0.2) is 82.9 Å². The SMILES string of the molecule is CCCCCCCCCCCCCCCCCCCCCC(=O)OC[C@H](COP(=O)(O)OCCN)OC(=O)C/C=C\C[C@H]1[C@@H](/C=C/[C@H](O)CCCCC)[C@H](O)C[C@@H]1O. The van der Waals surface area contributed by atoms with E-state index in [9.17, 15) is 34.4 Å². The molecular weight excluding hydrogens is 761 g/mol. The molecule has 0 heterocycles. The lowest BCUT2D eigenvalue weighted by atomic mass is 9.89. The van der Waals surface area contributed by atoms with Gasteiger partial charge in [0.25, 0.3) is 0 Å². The van der Waals surface area contributed by atoms with Crippen molar-refractivity contribution in [3.05, 3.63) is 24.3 Å². The van der Waals surface area contributed by atoms with Crippen molar-refractivity contribution in [1.82, 2.24) is 0 Å². The van der Waals surface area contributed by atoms with E-state index in [4.69, 9.17) is 24.3 Å². The van der Waals surface area contributed by atoms with Crippen LogP contribution in [-0.2, 0) is 32.7 Å². The van der Waals surface area contributed by atoms with E-state index in [-0.39, 0.29) is 50.9 Å². The minimum absolute atomic E-state index is 0.00459. The Balaban J connectivity index is 2.37. The fourth-order valence-corrected chi connectivity index (χ4v) is 8.20. The second kappa shape index (κ2) is 36.1. The zero-order valence-corrected chi connectivity index (χ0v) is 37.3. The number of allylic oxidation sites excluding steroid dienone is 1. The summed E-state index contributed by atoms with van der Waals surface area (Å²) in [6.07, 6.45) is 32.0. The van der Waals surface area contributed by atoms with Gasteiger partial charge in [-0.15, -0.1) is 0 Å². The molecule has 1 saturated carbocycles. The van der Waals surface area contributed by atoms with Crippen molar-refractivity contribution < 1.29 is 52.9 Å². The maximum absolute atomic E-state index is 12.7. The molecule has 58 heavy (non-hydrogen) atoms. The number of carbonyl (C=O) groups is 2. The van der Waals surface area contributed by atoms with Crippen molar-refractivity contribution in [2.75, 3.05) is 26.4 Å². The summed E-state index contributed by atoms with van der Waals surface area (Å²) in [5, 5.41) is 31.4. The minimum Gasteiger partial charge on any atom is -0.462 e. The number of nitrogens with two attached hydrogens (primary N) is 1. The molecule has 340 valence electrons. The average molecular weight is 846 g/mol. The summed E-state index contributed by atoms with van der Waals surface area (Å²) in [5.41, 5.74) is 5.35.